The molecule has 0 bridgehead atoms. The fourth-order valence-electron chi connectivity index (χ4n) is 2.82. The Hall–Kier alpha value is -1.02. The van der Waals surface area contributed by atoms with Crippen molar-refractivity contribution < 1.29 is 4.74 Å². The molecular formula is C14H19NO. The quantitative estimate of drug-likeness (QED) is 0.779. The second-order valence-corrected chi connectivity index (χ2v) is 5.01. The molecule has 0 aliphatic carbocycles. The highest BCUT2D eigenvalue weighted by Crippen LogP contribution is 2.36. The van der Waals surface area contributed by atoms with Gasteiger partial charge < -0.3 is 10.1 Å². The predicted octanol–water partition coefficient (Wildman–Crippen LogP) is 2.31. The van der Waals surface area contributed by atoms with Gasteiger partial charge >= 0.3 is 0 Å². The van der Waals surface area contributed by atoms with Crippen molar-refractivity contribution >= 4 is 0 Å². The SMILES string of the molecule is CCc1ccc2c(c1)CCC1(CCNC1)O2. The normalized spacial score (nSPS) is 27.8. The molecule has 2 aliphatic rings. The highest BCUT2D eigenvalue weighted by Gasteiger charge is 2.38. The summed E-state index contributed by atoms with van der Waals surface area (Å²) >= 11 is 0. The molecule has 0 saturated carbocycles. The standard InChI is InChI=1S/C14H19NO/c1-2-11-3-4-13-12(9-11)5-6-14(16-13)7-8-15-10-14/h3-4,9,15H,2,5-8,10H2,1H3. The summed E-state index contributed by atoms with van der Waals surface area (Å²) in [6, 6.07) is 6.66. The minimum Gasteiger partial charge on any atom is -0.486 e. The maximum absolute atomic E-state index is 6.22. The third kappa shape index (κ3) is 1.61. The van der Waals surface area contributed by atoms with Crippen molar-refractivity contribution in [3.63, 3.8) is 0 Å². The zero-order valence-electron chi connectivity index (χ0n) is 9.88. The van der Waals surface area contributed by atoms with Crippen molar-refractivity contribution in [2.45, 2.75) is 38.2 Å². The third-order valence-electron chi connectivity index (χ3n) is 3.91. The lowest BCUT2D eigenvalue weighted by Gasteiger charge is -2.35. The van der Waals surface area contributed by atoms with E-state index in [0.717, 1.165) is 31.7 Å². The molecule has 0 aromatic heterocycles. The van der Waals surface area contributed by atoms with Crippen LogP contribution in [-0.2, 0) is 12.8 Å². The number of ether oxygens (including phenoxy) is 1. The van der Waals surface area contributed by atoms with Crippen LogP contribution in [0, 0.1) is 0 Å². The van der Waals surface area contributed by atoms with Crippen LogP contribution < -0.4 is 10.1 Å². The lowest BCUT2D eigenvalue weighted by atomic mass is 9.89. The van der Waals surface area contributed by atoms with E-state index in [0.29, 0.717) is 0 Å². The Bertz CT molecular complexity index is 394. The summed E-state index contributed by atoms with van der Waals surface area (Å²) in [6.45, 7) is 4.32. The van der Waals surface area contributed by atoms with Crippen LogP contribution in [0.4, 0.5) is 0 Å². The Morgan fingerprint density at radius 3 is 3.06 bits per heavy atom. The maximum Gasteiger partial charge on any atom is 0.123 e. The summed E-state index contributed by atoms with van der Waals surface area (Å²) in [5.41, 5.74) is 2.92. The maximum atomic E-state index is 6.22. The van der Waals surface area contributed by atoms with Crippen molar-refractivity contribution in [1.82, 2.24) is 5.32 Å². The van der Waals surface area contributed by atoms with Gasteiger partial charge in [0.2, 0.25) is 0 Å². The van der Waals surface area contributed by atoms with E-state index in [-0.39, 0.29) is 5.60 Å². The van der Waals surface area contributed by atoms with Gasteiger partial charge in [0.1, 0.15) is 11.4 Å². The molecule has 1 aromatic rings. The second-order valence-electron chi connectivity index (χ2n) is 5.01. The van der Waals surface area contributed by atoms with Crippen molar-refractivity contribution in [3.8, 4) is 5.75 Å². The van der Waals surface area contributed by atoms with Crippen LogP contribution in [0.1, 0.15) is 30.9 Å². The summed E-state index contributed by atoms with van der Waals surface area (Å²) in [5.74, 6) is 1.12. The Morgan fingerprint density at radius 2 is 2.31 bits per heavy atom. The fourth-order valence-corrected chi connectivity index (χ4v) is 2.82. The van der Waals surface area contributed by atoms with Crippen molar-refractivity contribution in [1.29, 1.82) is 0 Å². The van der Waals surface area contributed by atoms with Crippen molar-refractivity contribution in [2.24, 2.45) is 0 Å². The molecule has 0 radical (unpaired) electrons. The number of fused-ring (bicyclic) bond motifs is 1. The molecular weight excluding hydrogens is 198 g/mol. The van der Waals surface area contributed by atoms with Crippen LogP contribution >= 0.6 is 0 Å². The predicted molar refractivity (Wildman–Crippen MR) is 65.0 cm³/mol. The summed E-state index contributed by atoms with van der Waals surface area (Å²) in [7, 11) is 0. The summed E-state index contributed by atoms with van der Waals surface area (Å²) in [5, 5.41) is 3.41. The van der Waals surface area contributed by atoms with Crippen LogP contribution in [0.3, 0.4) is 0 Å². The zero-order chi connectivity index (χ0) is 11.0. The lowest BCUT2D eigenvalue weighted by Crippen LogP contribution is -2.41. The molecule has 1 atom stereocenters. The molecule has 3 rings (SSSR count). The number of hydrogen-bond donors (Lipinski definition) is 1. The largest absolute Gasteiger partial charge is 0.486 e. The first-order valence-corrected chi connectivity index (χ1v) is 6.33. The first kappa shape index (κ1) is 10.2. The first-order valence-electron chi connectivity index (χ1n) is 6.33. The van der Waals surface area contributed by atoms with E-state index in [1.54, 1.807) is 0 Å². The van der Waals surface area contributed by atoms with Crippen LogP contribution in [-0.4, -0.2) is 18.7 Å². The van der Waals surface area contributed by atoms with Gasteiger partial charge in [-0.15, -0.1) is 0 Å². The molecule has 1 spiro atoms. The molecule has 1 aromatic carbocycles. The summed E-state index contributed by atoms with van der Waals surface area (Å²) in [4.78, 5) is 0. The van der Waals surface area contributed by atoms with Crippen LogP contribution in [0.15, 0.2) is 18.2 Å². The van der Waals surface area contributed by atoms with Crippen LogP contribution in [0.25, 0.3) is 0 Å². The van der Waals surface area contributed by atoms with Gasteiger partial charge in [0.25, 0.3) is 0 Å². The number of hydrogen-bond acceptors (Lipinski definition) is 2. The highest BCUT2D eigenvalue weighted by atomic mass is 16.5. The minimum absolute atomic E-state index is 0.0979. The van der Waals surface area contributed by atoms with Crippen LogP contribution in [0.2, 0.25) is 0 Å². The Labute approximate surface area is 97.0 Å². The number of rotatable bonds is 1. The molecule has 1 N–H and O–H groups in total. The summed E-state index contributed by atoms with van der Waals surface area (Å²) in [6.07, 6.45) is 4.60. The Morgan fingerprint density at radius 1 is 1.38 bits per heavy atom. The molecule has 86 valence electrons. The van der Waals surface area contributed by atoms with Gasteiger partial charge in [-0.05, 0) is 43.0 Å². The monoisotopic (exact) mass is 217 g/mol. The van der Waals surface area contributed by atoms with E-state index in [1.807, 2.05) is 0 Å². The van der Waals surface area contributed by atoms with E-state index in [1.165, 1.54) is 24.0 Å². The molecule has 2 aliphatic heterocycles. The van der Waals surface area contributed by atoms with E-state index in [2.05, 4.69) is 30.4 Å². The highest BCUT2D eigenvalue weighted by molar-refractivity contribution is 5.40. The molecule has 1 unspecified atom stereocenters. The van der Waals surface area contributed by atoms with Gasteiger partial charge in [-0.3, -0.25) is 0 Å². The minimum atomic E-state index is 0.0979. The molecule has 16 heavy (non-hydrogen) atoms. The number of benzene rings is 1. The molecule has 2 heteroatoms. The number of aryl methyl sites for hydroxylation is 2. The van der Waals surface area contributed by atoms with Gasteiger partial charge in [-0.25, -0.2) is 0 Å². The van der Waals surface area contributed by atoms with Gasteiger partial charge in [-0.1, -0.05) is 19.1 Å². The molecule has 0 amide bonds. The molecule has 2 nitrogen and oxygen atoms in total. The van der Waals surface area contributed by atoms with E-state index >= 15 is 0 Å². The first-order chi connectivity index (χ1) is 7.81. The Balaban J connectivity index is 1.89. The average molecular weight is 217 g/mol. The molecule has 1 saturated heterocycles. The molecule has 2 heterocycles. The second kappa shape index (κ2) is 3.77. The smallest absolute Gasteiger partial charge is 0.123 e. The molecule has 1 fully saturated rings. The lowest BCUT2D eigenvalue weighted by molar-refractivity contribution is 0.0664. The van der Waals surface area contributed by atoms with Gasteiger partial charge in [0.05, 0.1) is 0 Å². The van der Waals surface area contributed by atoms with Gasteiger partial charge in [0.15, 0.2) is 0 Å². The van der Waals surface area contributed by atoms with E-state index in [9.17, 15) is 0 Å². The topological polar surface area (TPSA) is 21.3 Å². The summed E-state index contributed by atoms with van der Waals surface area (Å²) < 4.78 is 6.22. The van der Waals surface area contributed by atoms with Crippen LogP contribution in [0.5, 0.6) is 5.75 Å². The van der Waals surface area contributed by atoms with E-state index in [4.69, 9.17) is 4.74 Å². The van der Waals surface area contributed by atoms with Crippen molar-refractivity contribution in [3.05, 3.63) is 29.3 Å². The van der Waals surface area contributed by atoms with Crippen molar-refractivity contribution in [2.75, 3.05) is 13.1 Å². The fraction of sp³-hybridized carbons (Fsp3) is 0.571. The average Bonchev–Trinajstić information content (AvgIpc) is 2.77. The Kier molecular flexibility index (Phi) is 2.40. The third-order valence-corrected chi connectivity index (χ3v) is 3.91. The van der Waals surface area contributed by atoms with Gasteiger partial charge in [-0.2, -0.15) is 0 Å². The van der Waals surface area contributed by atoms with Gasteiger partial charge in [0, 0.05) is 13.0 Å². The zero-order valence-corrected chi connectivity index (χ0v) is 9.88. The number of nitrogens with one attached hydrogen (secondary N) is 1. The van der Waals surface area contributed by atoms with E-state index < -0.39 is 0 Å².